The molecule has 1 heterocycles. The maximum absolute atomic E-state index is 5.92. The summed E-state index contributed by atoms with van der Waals surface area (Å²) in [6, 6.07) is 7.90. The van der Waals surface area contributed by atoms with Gasteiger partial charge in [-0.1, -0.05) is 13.0 Å². The van der Waals surface area contributed by atoms with Gasteiger partial charge in [0.25, 0.3) is 0 Å². The molecule has 0 saturated heterocycles. The van der Waals surface area contributed by atoms with Gasteiger partial charge >= 0.3 is 0 Å². The lowest BCUT2D eigenvalue weighted by molar-refractivity contribution is 1.38. The van der Waals surface area contributed by atoms with Crippen molar-refractivity contribution in [1.82, 2.24) is 4.98 Å². The van der Waals surface area contributed by atoms with E-state index in [-0.39, 0.29) is 0 Å². The summed E-state index contributed by atoms with van der Waals surface area (Å²) in [6.45, 7) is 2.12. The van der Waals surface area contributed by atoms with Crippen molar-refractivity contribution in [1.29, 1.82) is 0 Å². The molecule has 2 aromatic rings. The largest absolute Gasteiger partial charge is 0.398 e. The highest BCUT2D eigenvalue weighted by Gasteiger charge is 2.04. The minimum atomic E-state index is 0.845. The molecule has 0 aliphatic rings. The van der Waals surface area contributed by atoms with E-state index >= 15 is 0 Å². The summed E-state index contributed by atoms with van der Waals surface area (Å²) in [6.07, 6.45) is 1.80. The second-order valence-electron chi connectivity index (χ2n) is 2.99. The second-order valence-corrected chi connectivity index (χ2v) is 4.26. The number of thioether (sulfide) groups is 1. The molecule has 0 fully saturated rings. The van der Waals surface area contributed by atoms with E-state index in [2.05, 4.69) is 18.0 Å². The maximum atomic E-state index is 5.92. The molecule has 1 aromatic heterocycles. The minimum absolute atomic E-state index is 0.845. The fraction of sp³-hybridized carbons (Fsp3) is 0.182. The number of anilines is 1. The van der Waals surface area contributed by atoms with Crippen LogP contribution in [0.1, 0.15) is 6.92 Å². The Labute approximate surface area is 87.5 Å². The lowest BCUT2D eigenvalue weighted by Gasteiger charge is -2.07. The summed E-state index contributed by atoms with van der Waals surface area (Å²) in [5, 5.41) is 1.15. The zero-order valence-electron chi connectivity index (χ0n) is 8.03. The second kappa shape index (κ2) is 3.88. The molecule has 14 heavy (non-hydrogen) atoms. The van der Waals surface area contributed by atoms with E-state index in [0.717, 1.165) is 27.2 Å². The van der Waals surface area contributed by atoms with Crippen molar-refractivity contribution >= 4 is 28.4 Å². The lowest BCUT2D eigenvalue weighted by atomic mass is 10.2. The molecule has 0 radical (unpaired) electrons. The van der Waals surface area contributed by atoms with E-state index in [1.54, 1.807) is 18.0 Å². The van der Waals surface area contributed by atoms with Crippen LogP contribution in [0.15, 0.2) is 35.4 Å². The zero-order chi connectivity index (χ0) is 9.97. The van der Waals surface area contributed by atoms with Gasteiger partial charge in [-0.05, 0) is 24.0 Å². The molecule has 2 nitrogen and oxygen atoms in total. The summed E-state index contributed by atoms with van der Waals surface area (Å²) in [7, 11) is 0. The summed E-state index contributed by atoms with van der Waals surface area (Å²) in [4.78, 5) is 5.45. The third kappa shape index (κ3) is 1.55. The SMILES string of the molecule is CCSc1c(N)ccc2ncccc12. The van der Waals surface area contributed by atoms with Crippen LogP contribution in [0.25, 0.3) is 10.9 Å². The molecule has 0 atom stereocenters. The number of fused-ring (bicyclic) bond motifs is 1. The van der Waals surface area contributed by atoms with Crippen molar-refractivity contribution < 1.29 is 0 Å². The van der Waals surface area contributed by atoms with E-state index in [4.69, 9.17) is 5.73 Å². The third-order valence-electron chi connectivity index (χ3n) is 2.05. The maximum Gasteiger partial charge on any atom is 0.0714 e. The van der Waals surface area contributed by atoms with Gasteiger partial charge in [-0.3, -0.25) is 4.98 Å². The highest BCUT2D eigenvalue weighted by atomic mass is 32.2. The highest BCUT2D eigenvalue weighted by Crippen LogP contribution is 2.31. The molecule has 0 unspecified atom stereocenters. The van der Waals surface area contributed by atoms with Crippen molar-refractivity contribution in [3.8, 4) is 0 Å². The molecular weight excluding hydrogens is 192 g/mol. The Balaban J connectivity index is 2.69. The monoisotopic (exact) mass is 204 g/mol. The average molecular weight is 204 g/mol. The normalized spacial score (nSPS) is 10.6. The number of hydrogen-bond donors (Lipinski definition) is 1. The van der Waals surface area contributed by atoms with E-state index < -0.39 is 0 Å². The van der Waals surface area contributed by atoms with Crippen LogP contribution in [0.5, 0.6) is 0 Å². The van der Waals surface area contributed by atoms with E-state index in [9.17, 15) is 0 Å². The highest BCUT2D eigenvalue weighted by molar-refractivity contribution is 7.99. The van der Waals surface area contributed by atoms with E-state index in [1.165, 1.54) is 0 Å². The predicted molar refractivity (Wildman–Crippen MR) is 62.6 cm³/mol. The Morgan fingerprint density at radius 3 is 3.00 bits per heavy atom. The predicted octanol–water partition coefficient (Wildman–Crippen LogP) is 2.93. The number of nitrogens with two attached hydrogens (primary N) is 1. The zero-order valence-corrected chi connectivity index (χ0v) is 8.84. The smallest absolute Gasteiger partial charge is 0.0714 e. The minimum Gasteiger partial charge on any atom is -0.398 e. The Bertz CT molecular complexity index is 454. The molecule has 0 spiro atoms. The number of hydrogen-bond acceptors (Lipinski definition) is 3. The standard InChI is InChI=1S/C11H12N2S/c1-2-14-11-8-4-3-7-13-10(8)6-5-9(11)12/h3-7H,2,12H2,1H3. The molecule has 2 N–H and O–H groups in total. The first-order valence-corrected chi connectivity index (χ1v) is 5.57. The third-order valence-corrected chi connectivity index (χ3v) is 3.09. The van der Waals surface area contributed by atoms with Crippen LogP contribution in [0.2, 0.25) is 0 Å². The summed E-state index contributed by atoms with van der Waals surface area (Å²) >= 11 is 1.77. The summed E-state index contributed by atoms with van der Waals surface area (Å²) in [5.41, 5.74) is 7.78. The van der Waals surface area contributed by atoms with Gasteiger partial charge in [-0.15, -0.1) is 11.8 Å². The van der Waals surface area contributed by atoms with Crippen molar-refractivity contribution in [3.05, 3.63) is 30.5 Å². The number of rotatable bonds is 2. The number of benzene rings is 1. The Morgan fingerprint density at radius 1 is 1.36 bits per heavy atom. The van der Waals surface area contributed by atoms with Crippen LogP contribution in [0, 0.1) is 0 Å². The van der Waals surface area contributed by atoms with Gasteiger partial charge in [-0.25, -0.2) is 0 Å². The van der Waals surface area contributed by atoms with Crippen LogP contribution < -0.4 is 5.73 Å². The number of aromatic nitrogens is 1. The van der Waals surface area contributed by atoms with Gasteiger partial charge in [0, 0.05) is 22.2 Å². The fourth-order valence-corrected chi connectivity index (χ4v) is 2.30. The van der Waals surface area contributed by atoms with Crippen molar-refractivity contribution in [2.45, 2.75) is 11.8 Å². The molecule has 0 bridgehead atoms. The molecule has 72 valence electrons. The summed E-state index contributed by atoms with van der Waals surface area (Å²) < 4.78 is 0. The fourth-order valence-electron chi connectivity index (χ4n) is 1.45. The Morgan fingerprint density at radius 2 is 2.21 bits per heavy atom. The first kappa shape index (κ1) is 9.34. The van der Waals surface area contributed by atoms with Gasteiger partial charge in [0.2, 0.25) is 0 Å². The van der Waals surface area contributed by atoms with Gasteiger partial charge in [0.1, 0.15) is 0 Å². The molecule has 3 heteroatoms. The van der Waals surface area contributed by atoms with Crippen LogP contribution >= 0.6 is 11.8 Å². The Kier molecular flexibility index (Phi) is 2.59. The van der Waals surface area contributed by atoms with Crippen molar-refractivity contribution in [2.75, 3.05) is 11.5 Å². The molecular formula is C11H12N2S. The molecule has 0 aliphatic carbocycles. The van der Waals surface area contributed by atoms with Gasteiger partial charge in [0.05, 0.1) is 5.52 Å². The van der Waals surface area contributed by atoms with Crippen LogP contribution in [0.4, 0.5) is 5.69 Å². The van der Waals surface area contributed by atoms with Crippen LogP contribution in [0.3, 0.4) is 0 Å². The molecule has 0 aliphatic heterocycles. The number of nitrogens with zero attached hydrogens (tertiary/aromatic N) is 1. The first-order valence-electron chi connectivity index (χ1n) is 4.59. The first-order chi connectivity index (χ1) is 6.83. The van der Waals surface area contributed by atoms with Crippen LogP contribution in [-0.4, -0.2) is 10.7 Å². The topological polar surface area (TPSA) is 38.9 Å². The van der Waals surface area contributed by atoms with Crippen molar-refractivity contribution in [3.63, 3.8) is 0 Å². The molecule has 0 saturated carbocycles. The number of nitrogen functional groups attached to an aromatic ring is 1. The molecule has 0 amide bonds. The molecule has 2 rings (SSSR count). The quantitative estimate of drug-likeness (QED) is 0.604. The van der Waals surface area contributed by atoms with Gasteiger partial charge in [-0.2, -0.15) is 0 Å². The van der Waals surface area contributed by atoms with Gasteiger partial charge < -0.3 is 5.73 Å². The Hall–Kier alpha value is -1.22. The summed E-state index contributed by atoms with van der Waals surface area (Å²) in [5.74, 6) is 1.03. The van der Waals surface area contributed by atoms with Crippen molar-refractivity contribution in [2.24, 2.45) is 0 Å². The lowest BCUT2D eigenvalue weighted by Crippen LogP contribution is -1.90. The van der Waals surface area contributed by atoms with E-state index in [1.807, 2.05) is 18.2 Å². The molecule has 1 aromatic carbocycles. The van der Waals surface area contributed by atoms with Gasteiger partial charge in [0.15, 0.2) is 0 Å². The van der Waals surface area contributed by atoms with Crippen LogP contribution in [-0.2, 0) is 0 Å². The van der Waals surface area contributed by atoms with E-state index in [0.29, 0.717) is 0 Å². The number of pyridine rings is 1. The average Bonchev–Trinajstić information content (AvgIpc) is 2.23.